The lowest BCUT2D eigenvalue weighted by Gasteiger charge is -2.35. The van der Waals surface area contributed by atoms with Crippen LogP contribution in [0.25, 0.3) is 0 Å². The van der Waals surface area contributed by atoms with E-state index in [0.29, 0.717) is 12.6 Å². The van der Waals surface area contributed by atoms with Crippen molar-refractivity contribution in [1.82, 2.24) is 10.2 Å². The lowest BCUT2D eigenvalue weighted by Crippen LogP contribution is -2.53. The zero-order valence-corrected chi connectivity index (χ0v) is 9.61. The molecule has 0 aromatic carbocycles. The van der Waals surface area contributed by atoms with Gasteiger partial charge in [0.05, 0.1) is 18.5 Å². The van der Waals surface area contributed by atoms with Crippen LogP contribution in [-0.4, -0.2) is 36.5 Å². The van der Waals surface area contributed by atoms with Crippen LogP contribution in [0.15, 0.2) is 0 Å². The van der Waals surface area contributed by atoms with E-state index >= 15 is 0 Å². The van der Waals surface area contributed by atoms with Gasteiger partial charge in [-0.25, -0.2) is 0 Å². The predicted molar refractivity (Wildman–Crippen MR) is 60.6 cm³/mol. The van der Waals surface area contributed by atoms with Crippen LogP contribution in [0.2, 0.25) is 0 Å². The lowest BCUT2D eigenvalue weighted by molar-refractivity contribution is -0.125. The van der Waals surface area contributed by atoms with Crippen LogP contribution in [0.4, 0.5) is 0 Å². The molecule has 16 heavy (non-hydrogen) atoms. The van der Waals surface area contributed by atoms with E-state index in [2.05, 4.69) is 16.3 Å². The highest BCUT2D eigenvalue weighted by Crippen LogP contribution is 2.27. The molecule has 88 valence electrons. The second-order valence-electron chi connectivity index (χ2n) is 4.76. The van der Waals surface area contributed by atoms with Crippen molar-refractivity contribution in [1.29, 1.82) is 5.26 Å². The maximum Gasteiger partial charge on any atom is 0.234 e. The van der Waals surface area contributed by atoms with Gasteiger partial charge >= 0.3 is 0 Å². The van der Waals surface area contributed by atoms with Crippen molar-refractivity contribution in [3.8, 4) is 6.07 Å². The molecule has 0 radical (unpaired) electrons. The Morgan fingerprint density at radius 1 is 1.31 bits per heavy atom. The molecule has 1 aliphatic heterocycles. The summed E-state index contributed by atoms with van der Waals surface area (Å²) in [5.74, 6) is 0.223. The summed E-state index contributed by atoms with van der Waals surface area (Å²) in [5, 5.41) is 12.0. The lowest BCUT2D eigenvalue weighted by atomic mass is 9.94. The van der Waals surface area contributed by atoms with Crippen molar-refractivity contribution < 1.29 is 4.79 Å². The second-order valence-corrected chi connectivity index (χ2v) is 4.76. The number of rotatable bonds is 1. The monoisotopic (exact) mass is 221 g/mol. The molecule has 1 N–H and O–H groups in total. The standard InChI is InChI=1S/C12H19N3O/c13-8-10-4-2-1-3-5-11(10)15-7-6-14-12(16)9-15/h10-11H,1-7,9H2,(H,14,16). The summed E-state index contributed by atoms with van der Waals surface area (Å²) in [6, 6.07) is 2.74. The molecular weight excluding hydrogens is 202 g/mol. The Kier molecular flexibility index (Phi) is 3.79. The maximum atomic E-state index is 11.4. The minimum atomic E-state index is 0.104. The second kappa shape index (κ2) is 5.31. The predicted octanol–water partition coefficient (Wildman–Crippen LogP) is 0.891. The van der Waals surface area contributed by atoms with E-state index in [1.54, 1.807) is 0 Å². The van der Waals surface area contributed by atoms with Gasteiger partial charge in [0, 0.05) is 19.1 Å². The third kappa shape index (κ3) is 2.53. The fourth-order valence-electron chi connectivity index (χ4n) is 2.82. The number of nitrogens with one attached hydrogen (secondary N) is 1. The van der Waals surface area contributed by atoms with Gasteiger partial charge in [0.15, 0.2) is 0 Å². The van der Waals surface area contributed by atoms with Gasteiger partial charge in [0.25, 0.3) is 0 Å². The van der Waals surface area contributed by atoms with E-state index in [0.717, 1.165) is 32.4 Å². The quantitative estimate of drug-likeness (QED) is 0.669. The number of carbonyl (C=O) groups is 1. The van der Waals surface area contributed by atoms with Crippen molar-refractivity contribution in [3.05, 3.63) is 0 Å². The molecule has 2 unspecified atom stereocenters. The Morgan fingerprint density at radius 3 is 2.88 bits per heavy atom. The summed E-state index contributed by atoms with van der Waals surface area (Å²) < 4.78 is 0. The fourth-order valence-corrected chi connectivity index (χ4v) is 2.82. The SMILES string of the molecule is N#CC1CCCCCC1N1CCNC(=O)C1. The summed E-state index contributed by atoms with van der Waals surface area (Å²) in [6.45, 7) is 2.10. The zero-order valence-electron chi connectivity index (χ0n) is 9.61. The van der Waals surface area contributed by atoms with Gasteiger partial charge in [-0.15, -0.1) is 0 Å². The van der Waals surface area contributed by atoms with Crippen molar-refractivity contribution in [2.75, 3.05) is 19.6 Å². The molecule has 2 fully saturated rings. The van der Waals surface area contributed by atoms with Crippen molar-refractivity contribution in [2.24, 2.45) is 5.92 Å². The van der Waals surface area contributed by atoms with Crippen LogP contribution in [0.1, 0.15) is 32.1 Å². The Bertz CT molecular complexity index is 297. The summed E-state index contributed by atoms with van der Waals surface area (Å²) in [6.07, 6.45) is 5.66. The van der Waals surface area contributed by atoms with Gasteiger partial charge in [-0.2, -0.15) is 5.26 Å². The van der Waals surface area contributed by atoms with Gasteiger partial charge in [-0.1, -0.05) is 19.3 Å². The topological polar surface area (TPSA) is 56.1 Å². The van der Waals surface area contributed by atoms with Gasteiger partial charge < -0.3 is 5.32 Å². The Labute approximate surface area is 96.6 Å². The molecular formula is C12H19N3O. The normalized spacial score (nSPS) is 32.6. The van der Waals surface area contributed by atoms with Crippen LogP contribution >= 0.6 is 0 Å². The third-order valence-electron chi connectivity index (χ3n) is 3.68. The highest BCUT2D eigenvalue weighted by atomic mass is 16.2. The highest BCUT2D eigenvalue weighted by Gasteiger charge is 2.31. The average molecular weight is 221 g/mol. The zero-order chi connectivity index (χ0) is 11.4. The first-order valence-electron chi connectivity index (χ1n) is 6.21. The van der Waals surface area contributed by atoms with Crippen LogP contribution in [-0.2, 0) is 4.79 Å². The largest absolute Gasteiger partial charge is 0.354 e. The summed E-state index contributed by atoms with van der Waals surface area (Å²) in [4.78, 5) is 13.6. The first-order chi connectivity index (χ1) is 7.81. The van der Waals surface area contributed by atoms with Crippen molar-refractivity contribution in [2.45, 2.75) is 38.1 Å². The molecule has 1 aliphatic carbocycles. The number of amides is 1. The van der Waals surface area contributed by atoms with Crippen molar-refractivity contribution in [3.63, 3.8) is 0 Å². The molecule has 0 bridgehead atoms. The van der Waals surface area contributed by atoms with Crippen LogP contribution in [0.3, 0.4) is 0 Å². The molecule has 4 nitrogen and oxygen atoms in total. The van der Waals surface area contributed by atoms with E-state index in [1.807, 2.05) is 0 Å². The molecule has 1 saturated carbocycles. The average Bonchev–Trinajstić information content (AvgIpc) is 2.53. The van der Waals surface area contributed by atoms with E-state index in [4.69, 9.17) is 0 Å². The summed E-state index contributed by atoms with van der Waals surface area (Å²) in [5.41, 5.74) is 0. The number of hydrogen-bond acceptors (Lipinski definition) is 3. The molecule has 0 aromatic heterocycles. The number of carbonyl (C=O) groups excluding carboxylic acids is 1. The number of nitriles is 1. The minimum Gasteiger partial charge on any atom is -0.354 e. The van der Waals surface area contributed by atoms with Crippen LogP contribution < -0.4 is 5.32 Å². The van der Waals surface area contributed by atoms with Gasteiger partial charge in [-0.05, 0) is 12.8 Å². The number of nitrogens with zero attached hydrogens (tertiary/aromatic N) is 2. The summed E-state index contributed by atoms with van der Waals surface area (Å²) in [7, 11) is 0. The Hall–Kier alpha value is -1.08. The molecule has 1 amide bonds. The van der Waals surface area contributed by atoms with E-state index in [9.17, 15) is 10.1 Å². The Morgan fingerprint density at radius 2 is 2.12 bits per heavy atom. The molecule has 1 saturated heterocycles. The van der Waals surface area contributed by atoms with Crippen LogP contribution in [0, 0.1) is 17.2 Å². The van der Waals surface area contributed by atoms with Gasteiger partial charge in [0.1, 0.15) is 0 Å². The minimum absolute atomic E-state index is 0.104. The van der Waals surface area contributed by atoms with Crippen molar-refractivity contribution >= 4 is 5.91 Å². The fraction of sp³-hybridized carbons (Fsp3) is 0.833. The molecule has 2 aliphatic rings. The maximum absolute atomic E-state index is 11.4. The molecule has 0 spiro atoms. The first-order valence-corrected chi connectivity index (χ1v) is 6.21. The molecule has 1 heterocycles. The van der Waals surface area contributed by atoms with Crippen LogP contribution in [0.5, 0.6) is 0 Å². The first kappa shape index (κ1) is 11.4. The Balaban J connectivity index is 2.03. The molecule has 4 heteroatoms. The molecule has 2 atom stereocenters. The summed E-state index contributed by atoms with van der Waals surface area (Å²) >= 11 is 0. The van der Waals surface area contributed by atoms with E-state index in [1.165, 1.54) is 12.8 Å². The van der Waals surface area contributed by atoms with E-state index in [-0.39, 0.29) is 11.8 Å². The van der Waals surface area contributed by atoms with Gasteiger partial charge in [-0.3, -0.25) is 9.69 Å². The van der Waals surface area contributed by atoms with Gasteiger partial charge in [0.2, 0.25) is 5.91 Å². The molecule has 2 rings (SSSR count). The highest BCUT2D eigenvalue weighted by molar-refractivity contribution is 5.78. The molecule has 0 aromatic rings. The van der Waals surface area contributed by atoms with E-state index < -0.39 is 0 Å². The third-order valence-corrected chi connectivity index (χ3v) is 3.68. The number of hydrogen-bond donors (Lipinski definition) is 1. The number of piperazine rings is 1. The smallest absolute Gasteiger partial charge is 0.234 e.